The molecule has 0 aromatic heterocycles. The van der Waals surface area contributed by atoms with Crippen molar-refractivity contribution in [3.63, 3.8) is 0 Å². The van der Waals surface area contributed by atoms with E-state index < -0.39 is 15.9 Å². The Morgan fingerprint density at radius 3 is 2.57 bits per heavy atom. The maximum Gasteiger partial charge on any atom is 0.263 e. The number of benzene rings is 1. The van der Waals surface area contributed by atoms with E-state index in [1.54, 1.807) is 36.1 Å². The number of hydrogen-bond donors (Lipinski definition) is 0. The van der Waals surface area contributed by atoms with Crippen molar-refractivity contribution in [2.75, 3.05) is 18.1 Å². The first-order valence-electron chi connectivity index (χ1n) is 7.54. The van der Waals surface area contributed by atoms with Crippen LogP contribution in [0.2, 0.25) is 0 Å². The van der Waals surface area contributed by atoms with Gasteiger partial charge in [-0.25, -0.2) is 8.42 Å². The van der Waals surface area contributed by atoms with Crippen LogP contribution in [0.3, 0.4) is 0 Å². The molecule has 23 heavy (non-hydrogen) atoms. The molecule has 1 saturated heterocycles. The van der Waals surface area contributed by atoms with Crippen LogP contribution in [0.15, 0.2) is 24.3 Å². The number of hydrogen-bond acceptors (Lipinski definition) is 5. The van der Waals surface area contributed by atoms with Crippen LogP contribution < -0.4 is 4.74 Å². The fourth-order valence-electron chi connectivity index (χ4n) is 2.71. The van der Waals surface area contributed by atoms with Crippen LogP contribution in [0.5, 0.6) is 5.75 Å². The summed E-state index contributed by atoms with van der Waals surface area (Å²) in [6.07, 6.45) is -0.239. The van der Waals surface area contributed by atoms with Crippen molar-refractivity contribution in [1.82, 2.24) is 4.90 Å². The minimum Gasteiger partial charge on any atom is -0.481 e. The minimum absolute atomic E-state index is 0.0240. The molecular formula is C16H20N2O4S. The van der Waals surface area contributed by atoms with Crippen molar-refractivity contribution in [2.45, 2.75) is 32.4 Å². The molecule has 6 nitrogen and oxygen atoms in total. The van der Waals surface area contributed by atoms with Gasteiger partial charge in [0.2, 0.25) is 0 Å². The van der Waals surface area contributed by atoms with Crippen LogP contribution in [0.1, 0.15) is 25.8 Å². The number of rotatable bonds is 5. The highest BCUT2D eigenvalue weighted by Crippen LogP contribution is 2.20. The maximum atomic E-state index is 12.6. The summed E-state index contributed by atoms with van der Waals surface area (Å²) in [4.78, 5) is 14.1. The number of likely N-dealkylation sites (N-methyl/N-ethyl adjacent to an activating group) is 1. The first-order valence-corrected chi connectivity index (χ1v) is 9.36. The van der Waals surface area contributed by atoms with Crippen molar-refractivity contribution < 1.29 is 17.9 Å². The van der Waals surface area contributed by atoms with E-state index in [1.165, 1.54) is 0 Å². The molecule has 0 spiro atoms. The standard InChI is InChI=1S/C16H20N2O4S/c1-3-18(14-8-9-23(20,21)11-14)16(19)12(2)22-15-6-4-13(10-17)5-7-15/h4-7,12,14H,3,8-9,11H2,1-2H3. The third-order valence-electron chi connectivity index (χ3n) is 3.92. The highest BCUT2D eigenvalue weighted by atomic mass is 32.2. The number of amides is 1. The second kappa shape index (κ2) is 7.01. The Bertz CT molecular complexity index is 707. The van der Waals surface area contributed by atoms with E-state index in [-0.39, 0.29) is 23.5 Å². The first-order chi connectivity index (χ1) is 10.9. The van der Waals surface area contributed by atoms with Crippen LogP contribution >= 0.6 is 0 Å². The van der Waals surface area contributed by atoms with Crippen molar-refractivity contribution in [1.29, 1.82) is 5.26 Å². The van der Waals surface area contributed by atoms with Crippen LogP contribution in [-0.4, -0.2) is 49.4 Å². The second-order valence-electron chi connectivity index (χ2n) is 5.58. The van der Waals surface area contributed by atoms with Gasteiger partial charge in [0, 0.05) is 12.6 Å². The predicted octanol–water partition coefficient (Wildman–Crippen LogP) is 1.36. The largest absolute Gasteiger partial charge is 0.481 e. The highest BCUT2D eigenvalue weighted by molar-refractivity contribution is 7.91. The van der Waals surface area contributed by atoms with Crippen LogP contribution in [0.4, 0.5) is 0 Å². The lowest BCUT2D eigenvalue weighted by molar-refractivity contribution is -0.139. The molecule has 7 heteroatoms. The van der Waals surface area contributed by atoms with Gasteiger partial charge in [-0.2, -0.15) is 5.26 Å². The zero-order chi connectivity index (χ0) is 17.0. The van der Waals surface area contributed by atoms with Gasteiger partial charge in [0.25, 0.3) is 5.91 Å². The molecule has 0 saturated carbocycles. The summed E-state index contributed by atoms with van der Waals surface area (Å²) in [5.41, 5.74) is 0.516. The van der Waals surface area contributed by atoms with Crippen molar-refractivity contribution >= 4 is 15.7 Å². The molecule has 1 fully saturated rings. The molecule has 1 heterocycles. The lowest BCUT2D eigenvalue weighted by Gasteiger charge is -2.29. The van der Waals surface area contributed by atoms with E-state index in [0.29, 0.717) is 24.3 Å². The van der Waals surface area contributed by atoms with E-state index in [4.69, 9.17) is 10.00 Å². The van der Waals surface area contributed by atoms with Crippen molar-refractivity contribution in [3.8, 4) is 11.8 Å². The molecule has 1 aliphatic rings. The van der Waals surface area contributed by atoms with Crippen LogP contribution in [0.25, 0.3) is 0 Å². The van der Waals surface area contributed by atoms with E-state index in [0.717, 1.165) is 0 Å². The smallest absolute Gasteiger partial charge is 0.263 e. The fraction of sp³-hybridized carbons (Fsp3) is 0.500. The molecule has 1 aromatic carbocycles. The second-order valence-corrected chi connectivity index (χ2v) is 7.81. The highest BCUT2D eigenvalue weighted by Gasteiger charge is 2.35. The minimum atomic E-state index is -3.04. The third-order valence-corrected chi connectivity index (χ3v) is 5.67. The fourth-order valence-corrected chi connectivity index (χ4v) is 4.44. The molecule has 0 N–H and O–H groups in total. The Hall–Kier alpha value is -2.07. The molecule has 0 radical (unpaired) electrons. The van der Waals surface area contributed by atoms with Gasteiger partial charge in [-0.1, -0.05) is 0 Å². The number of sulfone groups is 1. The average molecular weight is 336 g/mol. The van der Waals surface area contributed by atoms with Gasteiger partial charge in [0.1, 0.15) is 5.75 Å². The molecule has 2 atom stereocenters. The molecule has 2 unspecified atom stereocenters. The molecule has 0 aliphatic carbocycles. The lowest BCUT2D eigenvalue weighted by Crippen LogP contribution is -2.46. The Morgan fingerprint density at radius 2 is 2.09 bits per heavy atom. The molecule has 1 amide bonds. The van der Waals surface area contributed by atoms with Gasteiger partial charge in [-0.3, -0.25) is 4.79 Å². The summed E-state index contributed by atoms with van der Waals surface area (Å²) in [5, 5.41) is 8.77. The normalized spacial score (nSPS) is 20.5. The number of ether oxygens (including phenoxy) is 1. The quantitative estimate of drug-likeness (QED) is 0.810. The Morgan fingerprint density at radius 1 is 1.43 bits per heavy atom. The van der Waals surface area contributed by atoms with Gasteiger partial charge < -0.3 is 9.64 Å². The summed E-state index contributed by atoms with van der Waals surface area (Å²) in [6.45, 7) is 3.92. The van der Waals surface area contributed by atoms with Gasteiger partial charge in [0.05, 0.1) is 23.1 Å². The number of carbonyl (C=O) groups is 1. The zero-order valence-electron chi connectivity index (χ0n) is 13.2. The third kappa shape index (κ3) is 4.23. The van der Waals surface area contributed by atoms with Gasteiger partial charge in [-0.15, -0.1) is 0 Å². The number of nitriles is 1. The number of carbonyl (C=O) groups excluding carboxylic acids is 1. The summed E-state index contributed by atoms with van der Waals surface area (Å²) >= 11 is 0. The Kier molecular flexibility index (Phi) is 5.26. The molecule has 2 rings (SSSR count). The van der Waals surface area contributed by atoms with Crippen molar-refractivity contribution in [3.05, 3.63) is 29.8 Å². The average Bonchev–Trinajstić information content (AvgIpc) is 2.88. The summed E-state index contributed by atoms with van der Waals surface area (Å²) in [7, 11) is -3.04. The van der Waals surface area contributed by atoms with E-state index in [9.17, 15) is 13.2 Å². The Balaban J connectivity index is 2.03. The topological polar surface area (TPSA) is 87.5 Å². The van der Waals surface area contributed by atoms with Crippen LogP contribution in [0, 0.1) is 11.3 Å². The van der Waals surface area contributed by atoms with Crippen molar-refractivity contribution in [2.24, 2.45) is 0 Å². The summed E-state index contributed by atoms with van der Waals surface area (Å²) < 4.78 is 28.8. The van der Waals surface area contributed by atoms with Gasteiger partial charge in [-0.05, 0) is 44.5 Å². The molecular weight excluding hydrogens is 316 g/mol. The predicted molar refractivity (Wildman–Crippen MR) is 85.7 cm³/mol. The first kappa shape index (κ1) is 17.3. The van der Waals surface area contributed by atoms with E-state index in [1.807, 2.05) is 13.0 Å². The monoisotopic (exact) mass is 336 g/mol. The molecule has 0 bridgehead atoms. The maximum absolute atomic E-state index is 12.6. The summed E-state index contributed by atoms with van der Waals surface area (Å²) in [6, 6.07) is 8.25. The van der Waals surface area contributed by atoms with E-state index in [2.05, 4.69) is 0 Å². The SMILES string of the molecule is CCN(C(=O)C(C)Oc1ccc(C#N)cc1)C1CCS(=O)(=O)C1. The Labute approximate surface area is 136 Å². The van der Waals surface area contributed by atoms with E-state index >= 15 is 0 Å². The van der Waals surface area contributed by atoms with Crippen LogP contribution in [-0.2, 0) is 14.6 Å². The molecule has 124 valence electrons. The molecule has 1 aromatic rings. The molecule has 1 aliphatic heterocycles. The van der Waals surface area contributed by atoms with Gasteiger partial charge >= 0.3 is 0 Å². The lowest BCUT2D eigenvalue weighted by atomic mass is 10.2. The van der Waals surface area contributed by atoms with Gasteiger partial charge in [0.15, 0.2) is 15.9 Å². The zero-order valence-corrected chi connectivity index (χ0v) is 14.0. The number of nitrogens with zero attached hydrogens (tertiary/aromatic N) is 2. The summed E-state index contributed by atoms with van der Waals surface area (Å²) in [5.74, 6) is 0.432.